The van der Waals surface area contributed by atoms with Crippen LogP contribution in [0.25, 0.3) is 0 Å². The van der Waals surface area contributed by atoms with Gasteiger partial charge in [-0.3, -0.25) is 10.1 Å². The average molecular weight is 240 g/mol. The SMILES string of the molecule is COC[C@@H](C)Nc1ccc(CO)cc1[N+](=O)[O-]. The highest BCUT2D eigenvalue weighted by Crippen LogP contribution is 2.26. The van der Waals surface area contributed by atoms with Gasteiger partial charge in [0.2, 0.25) is 0 Å². The second kappa shape index (κ2) is 6.17. The van der Waals surface area contributed by atoms with Gasteiger partial charge in [0.05, 0.1) is 18.1 Å². The molecule has 94 valence electrons. The van der Waals surface area contributed by atoms with Crippen LogP contribution in [-0.4, -0.2) is 29.8 Å². The molecule has 0 fully saturated rings. The van der Waals surface area contributed by atoms with Gasteiger partial charge in [-0.1, -0.05) is 6.07 Å². The molecule has 6 heteroatoms. The molecule has 17 heavy (non-hydrogen) atoms. The third kappa shape index (κ3) is 3.69. The first-order valence-corrected chi connectivity index (χ1v) is 5.22. The average Bonchev–Trinajstić information content (AvgIpc) is 2.29. The number of aliphatic hydroxyl groups is 1. The fourth-order valence-corrected chi connectivity index (χ4v) is 1.51. The fourth-order valence-electron chi connectivity index (χ4n) is 1.51. The summed E-state index contributed by atoms with van der Waals surface area (Å²) >= 11 is 0. The second-order valence-electron chi connectivity index (χ2n) is 3.77. The van der Waals surface area contributed by atoms with E-state index in [2.05, 4.69) is 5.32 Å². The van der Waals surface area contributed by atoms with E-state index in [9.17, 15) is 10.1 Å². The van der Waals surface area contributed by atoms with Gasteiger partial charge in [0, 0.05) is 19.2 Å². The summed E-state index contributed by atoms with van der Waals surface area (Å²) in [7, 11) is 1.57. The number of benzene rings is 1. The van der Waals surface area contributed by atoms with E-state index < -0.39 is 4.92 Å². The van der Waals surface area contributed by atoms with Crippen LogP contribution in [-0.2, 0) is 11.3 Å². The minimum Gasteiger partial charge on any atom is -0.392 e. The summed E-state index contributed by atoms with van der Waals surface area (Å²) in [6.07, 6.45) is 0. The zero-order chi connectivity index (χ0) is 12.8. The Kier molecular flexibility index (Phi) is 4.86. The lowest BCUT2D eigenvalue weighted by Gasteiger charge is -2.14. The van der Waals surface area contributed by atoms with Crippen LogP contribution >= 0.6 is 0 Å². The number of nitrogens with zero attached hydrogens (tertiary/aromatic N) is 1. The minimum atomic E-state index is -0.471. The standard InChI is InChI=1S/C11H16N2O4/c1-8(7-17-2)12-10-4-3-9(6-14)5-11(10)13(15)16/h3-5,8,12,14H,6-7H2,1-2H3/t8-/m1/s1. The number of anilines is 1. The Morgan fingerprint density at radius 1 is 1.59 bits per heavy atom. The number of nitrogens with one attached hydrogen (secondary N) is 1. The van der Waals surface area contributed by atoms with Crippen molar-refractivity contribution in [3.63, 3.8) is 0 Å². The summed E-state index contributed by atoms with van der Waals surface area (Å²) in [5.74, 6) is 0. The molecule has 0 amide bonds. The summed E-state index contributed by atoms with van der Waals surface area (Å²) in [5, 5.41) is 22.8. The largest absolute Gasteiger partial charge is 0.392 e. The van der Waals surface area contributed by atoms with Crippen LogP contribution in [0, 0.1) is 10.1 Å². The van der Waals surface area contributed by atoms with Crippen LogP contribution in [0.1, 0.15) is 12.5 Å². The zero-order valence-electron chi connectivity index (χ0n) is 9.84. The van der Waals surface area contributed by atoms with Gasteiger partial charge in [-0.05, 0) is 18.6 Å². The number of nitro benzene ring substituents is 1. The van der Waals surface area contributed by atoms with Gasteiger partial charge >= 0.3 is 0 Å². The first-order valence-electron chi connectivity index (χ1n) is 5.22. The Balaban J connectivity index is 2.94. The number of aliphatic hydroxyl groups excluding tert-OH is 1. The first-order chi connectivity index (χ1) is 8.08. The third-order valence-corrected chi connectivity index (χ3v) is 2.26. The van der Waals surface area contributed by atoms with Crippen LogP contribution in [0.4, 0.5) is 11.4 Å². The highest BCUT2D eigenvalue weighted by atomic mass is 16.6. The molecule has 0 aliphatic heterocycles. The molecule has 0 aliphatic carbocycles. The molecule has 0 aliphatic rings. The van der Waals surface area contributed by atoms with E-state index in [0.717, 1.165) is 0 Å². The Bertz CT molecular complexity index is 395. The fraction of sp³-hybridized carbons (Fsp3) is 0.455. The molecular weight excluding hydrogens is 224 g/mol. The molecule has 0 unspecified atom stereocenters. The van der Waals surface area contributed by atoms with Crippen LogP contribution in [0.5, 0.6) is 0 Å². The molecule has 1 aromatic carbocycles. The smallest absolute Gasteiger partial charge is 0.292 e. The normalized spacial score (nSPS) is 12.2. The van der Waals surface area contributed by atoms with Crippen molar-refractivity contribution in [3.8, 4) is 0 Å². The summed E-state index contributed by atoms with van der Waals surface area (Å²) < 4.78 is 4.95. The summed E-state index contributed by atoms with van der Waals surface area (Å²) in [5.41, 5.74) is 0.901. The molecule has 0 spiro atoms. The maximum atomic E-state index is 10.9. The van der Waals surface area contributed by atoms with Crippen molar-refractivity contribution < 1.29 is 14.8 Å². The van der Waals surface area contributed by atoms with Crippen molar-refractivity contribution in [2.24, 2.45) is 0 Å². The predicted molar refractivity (Wildman–Crippen MR) is 64.0 cm³/mol. The lowest BCUT2D eigenvalue weighted by atomic mass is 10.1. The van der Waals surface area contributed by atoms with E-state index in [-0.39, 0.29) is 18.3 Å². The summed E-state index contributed by atoms with van der Waals surface area (Å²) in [6, 6.07) is 4.57. The van der Waals surface area contributed by atoms with Crippen LogP contribution in [0.3, 0.4) is 0 Å². The van der Waals surface area contributed by atoms with Crippen molar-refractivity contribution in [1.29, 1.82) is 0 Å². The van der Waals surface area contributed by atoms with Gasteiger partial charge in [-0.2, -0.15) is 0 Å². The Morgan fingerprint density at radius 3 is 2.82 bits per heavy atom. The Labute approximate surface area is 99.4 Å². The molecule has 0 radical (unpaired) electrons. The van der Waals surface area contributed by atoms with E-state index in [0.29, 0.717) is 17.9 Å². The van der Waals surface area contributed by atoms with Crippen molar-refractivity contribution in [2.75, 3.05) is 19.0 Å². The van der Waals surface area contributed by atoms with Crippen molar-refractivity contribution >= 4 is 11.4 Å². The highest BCUT2D eigenvalue weighted by Gasteiger charge is 2.15. The van der Waals surface area contributed by atoms with Gasteiger partial charge in [0.25, 0.3) is 5.69 Å². The van der Waals surface area contributed by atoms with E-state index in [1.165, 1.54) is 6.07 Å². The first kappa shape index (κ1) is 13.4. The molecule has 0 aromatic heterocycles. The van der Waals surface area contributed by atoms with Crippen LogP contribution in [0.2, 0.25) is 0 Å². The van der Waals surface area contributed by atoms with Crippen molar-refractivity contribution in [2.45, 2.75) is 19.6 Å². The topological polar surface area (TPSA) is 84.6 Å². The Hall–Kier alpha value is -1.66. The highest BCUT2D eigenvalue weighted by molar-refractivity contribution is 5.63. The van der Waals surface area contributed by atoms with E-state index in [1.54, 1.807) is 19.2 Å². The molecule has 6 nitrogen and oxygen atoms in total. The number of methoxy groups -OCH3 is 1. The van der Waals surface area contributed by atoms with E-state index >= 15 is 0 Å². The monoisotopic (exact) mass is 240 g/mol. The molecule has 0 bridgehead atoms. The van der Waals surface area contributed by atoms with Gasteiger partial charge < -0.3 is 15.2 Å². The van der Waals surface area contributed by atoms with Gasteiger partial charge in [0.15, 0.2) is 0 Å². The van der Waals surface area contributed by atoms with Gasteiger partial charge in [-0.25, -0.2) is 0 Å². The third-order valence-electron chi connectivity index (χ3n) is 2.26. The number of ether oxygens (including phenoxy) is 1. The molecule has 0 saturated heterocycles. The number of hydrogen-bond acceptors (Lipinski definition) is 5. The van der Waals surface area contributed by atoms with E-state index in [4.69, 9.17) is 9.84 Å². The summed E-state index contributed by atoms with van der Waals surface area (Å²) in [6.45, 7) is 2.11. The molecule has 0 saturated carbocycles. The molecule has 2 N–H and O–H groups in total. The Morgan fingerprint density at radius 2 is 2.29 bits per heavy atom. The molecule has 0 heterocycles. The van der Waals surface area contributed by atoms with Crippen LogP contribution in [0.15, 0.2) is 18.2 Å². The minimum absolute atomic E-state index is 0.0290. The van der Waals surface area contributed by atoms with Gasteiger partial charge in [-0.15, -0.1) is 0 Å². The van der Waals surface area contributed by atoms with Gasteiger partial charge in [0.1, 0.15) is 5.69 Å². The predicted octanol–water partition coefficient (Wildman–Crippen LogP) is 1.53. The quantitative estimate of drug-likeness (QED) is 0.582. The summed E-state index contributed by atoms with van der Waals surface area (Å²) in [4.78, 5) is 10.4. The maximum absolute atomic E-state index is 10.9. The molecule has 1 atom stereocenters. The van der Waals surface area contributed by atoms with E-state index in [1.807, 2.05) is 6.92 Å². The maximum Gasteiger partial charge on any atom is 0.292 e. The van der Waals surface area contributed by atoms with Crippen LogP contribution < -0.4 is 5.32 Å². The lowest BCUT2D eigenvalue weighted by molar-refractivity contribution is -0.384. The van der Waals surface area contributed by atoms with Crippen molar-refractivity contribution in [3.05, 3.63) is 33.9 Å². The number of rotatable bonds is 6. The number of nitro groups is 1. The molecule has 1 aromatic rings. The second-order valence-corrected chi connectivity index (χ2v) is 3.77. The van der Waals surface area contributed by atoms with Crippen molar-refractivity contribution in [1.82, 2.24) is 0 Å². The zero-order valence-corrected chi connectivity index (χ0v) is 9.84. The lowest BCUT2D eigenvalue weighted by Crippen LogP contribution is -2.21. The molecular formula is C11H16N2O4. The molecule has 1 rings (SSSR count). The number of hydrogen-bond donors (Lipinski definition) is 2.